The van der Waals surface area contributed by atoms with Crippen LogP contribution in [-0.2, 0) is 4.74 Å². The van der Waals surface area contributed by atoms with Crippen LogP contribution < -0.4 is 5.73 Å². The largest absolute Gasteiger partial charge is 0.378 e. The molecule has 1 atom stereocenters. The van der Waals surface area contributed by atoms with E-state index >= 15 is 0 Å². The Morgan fingerprint density at radius 1 is 1.18 bits per heavy atom. The lowest BCUT2D eigenvalue weighted by atomic mass is 9.63. The molecule has 17 heavy (non-hydrogen) atoms. The molecule has 2 rings (SSSR count). The number of nitrogens with two attached hydrogens (primary N) is 1. The van der Waals surface area contributed by atoms with Crippen molar-refractivity contribution in [2.75, 3.05) is 13.2 Å². The molecule has 0 radical (unpaired) electrons. The third-order valence-corrected chi connectivity index (χ3v) is 5.12. The minimum atomic E-state index is 0.432. The summed E-state index contributed by atoms with van der Waals surface area (Å²) in [5.41, 5.74) is 7.05. The topological polar surface area (TPSA) is 35.2 Å². The highest BCUT2D eigenvalue weighted by atomic mass is 16.5. The normalized spacial score (nSPS) is 31.6. The molecule has 2 heteroatoms. The van der Waals surface area contributed by atoms with Crippen LogP contribution in [-0.4, -0.2) is 19.3 Å². The standard InChI is InChI=1S/C15H29NO/c1-14(2)7-9-15(12-16,10-8-14)6-5-13-4-3-11-17-13/h13H,3-12,16H2,1-2H3. The van der Waals surface area contributed by atoms with Crippen molar-refractivity contribution in [3.63, 3.8) is 0 Å². The highest BCUT2D eigenvalue weighted by Crippen LogP contribution is 2.47. The van der Waals surface area contributed by atoms with Crippen LogP contribution in [0.5, 0.6) is 0 Å². The third kappa shape index (κ3) is 3.45. The first-order valence-corrected chi connectivity index (χ1v) is 7.37. The lowest BCUT2D eigenvalue weighted by molar-refractivity contribution is 0.0592. The quantitative estimate of drug-likeness (QED) is 0.815. The van der Waals surface area contributed by atoms with Crippen molar-refractivity contribution in [1.29, 1.82) is 0 Å². The van der Waals surface area contributed by atoms with Gasteiger partial charge in [-0.25, -0.2) is 0 Å². The van der Waals surface area contributed by atoms with Crippen LogP contribution >= 0.6 is 0 Å². The van der Waals surface area contributed by atoms with E-state index in [1.165, 1.54) is 51.4 Å². The third-order valence-electron chi connectivity index (χ3n) is 5.12. The van der Waals surface area contributed by atoms with Crippen LogP contribution in [0.15, 0.2) is 0 Å². The van der Waals surface area contributed by atoms with E-state index in [1.54, 1.807) is 0 Å². The van der Waals surface area contributed by atoms with Crippen molar-refractivity contribution < 1.29 is 4.74 Å². The highest BCUT2D eigenvalue weighted by molar-refractivity contribution is 4.90. The van der Waals surface area contributed by atoms with Gasteiger partial charge in [0.25, 0.3) is 0 Å². The van der Waals surface area contributed by atoms with Gasteiger partial charge in [-0.3, -0.25) is 0 Å². The average molecular weight is 239 g/mol. The van der Waals surface area contributed by atoms with Gasteiger partial charge < -0.3 is 10.5 Å². The predicted molar refractivity (Wildman–Crippen MR) is 71.9 cm³/mol. The SMILES string of the molecule is CC1(C)CCC(CN)(CCC2CCCO2)CC1. The molecule has 2 N–H and O–H groups in total. The molecule has 0 aromatic carbocycles. The molecule has 0 aromatic heterocycles. The fraction of sp³-hybridized carbons (Fsp3) is 1.00. The monoisotopic (exact) mass is 239 g/mol. The summed E-state index contributed by atoms with van der Waals surface area (Å²) in [6, 6.07) is 0. The number of ether oxygens (including phenoxy) is 1. The van der Waals surface area contributed by atoms with Gasteiger partial charge in [0.2, 0.25) is 0 Å². The zero-order valence-electron chi connectivity index (χ0n) is 11.6. The Balaban J connectivity index is 1.82. The summed E-state index contributed by atoms with van der Waals surface area (Å²) in [7, 11) is 0. The van der Waals surface area contributed by atoms with Crippen molar-refractivity contribution in [2.45, 2.75) is 71.3 Å². The van der Waals surface area contributed by atoms with Gasteiger partial charge in [-0.15, -0.1) is 0 Å². The smallest absolute Gasteiger partial charge is 0.0576 e. The number of hydrogen-bond acceptors (Lipinski definition) is 2. The fourth-order valence-corrected chi connectivity index (χ4v) is 3.35. The zero-order valence-corrected chi connectivity index (χ0v) is 11.6. The average Bonchev–Trinajstić information content (AvgIpc) is 2.82. The van der Waals surface area contributed by atoms with E-state index in [0.717, 1.165) is 13.2 Å². The Hall–Kier alpha value is -0.0800. The molecule has 1 unspecified atom stereocenters. The van der Waals surface area contributed by atoms with Crippen LogP contribution in [0, 0.1) is 10.8 Å². The summed E-state index contributed by atoms with van der Waals surface area (Å²) >= 11 is 0. The van der Waals surface area contributed by atoms with Crippen LogP contribution in [0.3, 0.4) is 0 Å². The van der Waals surface area contributed by atoms with E-state index in [0.29, 0.717) is 16.9 Å². The second kappa shape index (κ2) is 5.27. The van der Waals surface area contributed by atoms with Gasteiger partial charge in [0.15, 0.2) is 0 Å². The molecule has 2 fully saturated rings. The maximum atomic E-state index is 6.07. The summed E-state index contributed by atoms with van der Waals surface area (Å²) in [6.07, 6.45) is 10.9. The molecule has 100 valence electrons. The highest BCUT2D eigenvalue weighted by Gasteiger charge is 2.37. The van der Waals surface area contributed by atoms with E-state index in [-0.39, 0.29) is 0 Å². The first-order chi connectivity index (χ1) is 8.05. The maximum absolute atomic E-state index is 6.07. The molecule has 0 spiro atoms. The Labute approximate surface area is 106 Å². The van der Waals surface area contributed by atoms with Crippen molar-refractivity contribution in [2.24, 2.45) is 16.6 Å². The Morgan fingerprint density at radius 2 is 1.88 bits per heavy atom. The molecular formula is C15H29NO. The molecule has 0 aromatic rings. The zero-order chi connectivity index (χ0) is 12.4. The predicted octanol–water partition coefficient (Wildman–Crippen LogP) is 3.49. The summed E-state index contributed by atoms with van der Waals surface area (Å²) in [4.78, 5) is 0. The van der Waals surface area contributed by atoms with Gasteiger partial charge in [0.1, 0.15) is 0 Å². The molecule has 2 nitrogen and oxygen atoms in total. The van der Waals surface area contributed by atoms with Crippen molar-refractivity contribution in [1.82, 2.24) is 0 Å². The van der Waals surface area contributed by atoms with Gasteiger partial charge in [-0.1, -0.05) is 13.8 Å². The minimum absolute atomic E-state index is 0.432. The van der Waals surface area contributed by atoms with Gasteiger partial charge in [-0.05, 0) is 68.7 Å². The molecule has 0 amide bonds. The Morgan fingerprint density at radius 3 is 2.41 bits per heavy atom. The molecular weight excluding hydrogens is 210 g/mol. The summed E-state index contributed by atoms with van der Waals surface area (Å²) in [5, 5.41) is 0. The van der Waals surface area contributed by atoms with Crippen molar-refractivity contribution >= 4 is 0 Å². The molecule has 1 saturated heterocycles. The van der Waals surface area contributed by atoms with Crippen molar-refractivity contribution in [3.05, 3.63) is 0 Å². The second-order valence-corrected chi connectivity index (χ2v) is 7.04. The van der Waals surface area contributed by atoms with Crippen LogP contribution in [0.25, 0.3) is 0 Å². The van der Waals surface area contributed by atoms with Gasteiger partial charge in [-0.2, -0.15) is 0 Å². The molecule has 0 bridgehead atoms. The molecule has 1 saturated carbocycles. The minimum Gasteiger partial charge on any atom is -0.378 e. The van der Waals surface area contributed by atoms with Crippen LogP contribution in [0.4, 0.5) is 0 Å². The summed E-state index contributed by atoms with van der Waals surface area (Å²) in [6.45, 7) is 6.64. The van der Waals surface area contributed by atoms with Gasteiger partial charge in [0, 0.05) is 6.61 Å². The number of hydrogen-bond donors (Lipinski definition) is 1. The van der Waals surface area contributed by atoms with E-state index in [2.05, 4.69) is 13.8 Å². The van der Waals surface area contributed by atoms with Crippen molar-refractivity contribution in [3.8, 4) is 0 Å². The first-order valence-electron chi connectivity index (χ1n) is 7.37. The maximum Gasteiger partial charge on any atom is 0.0576 e. The lowest BCUT2D eigenvalue weighted by Crippen LogP contribution is -2.37. The molecule has 1 heterocycles. The summed E-state index contributed by atoms with van der Waals surface area (Å²) in [5.74, 6) is 0. The fourth-order valence-electron chi connectivity index (χ4n) is 3.35. The second-order valence-electron chi connectivity index (χ2n) is 7.04. The van der Waals surface area contributed by atoms with E-state index < -0.39 is 0 Å². The molecule has 1 aliphatic heterocycles. The number of rotatable bonds is 4. The van der Waals surface area contributed by atoms with Gasteiger partial charge in [0.05, 0.1) is 6.10 Å². The van der Waals surface area contributed by atoms with Gasteiger partial charge >= 0.3 is 0 Å². The lowest BCUT2D eigenvalue weighted by Gasteiger charge is -2.43. The van der Waals surface area contributed by atoms with E-state index in [4.69, 9.17) is 10.5 Å². The first kappa shape index (κ1) is 13.4. The van der Waals surface area contributed by atoms with E-state index in [9.17, 15) is 0 Å². The summed E-state index contributed by atoms with van der Waals surface area (Å²) < 4.78 is 5.73. The molecule has 2 aliphatic rings. The molecule has 1 aliphatic carbocycles. The van der Waals surface area contributed by atoms with Crippen LogP contribution in [0.2, 0.25) is 0 Å². The Bertz CT molecular complexity index is 233. The van der Waals surface area contributed by atoms with E-state index in [1.807, 2.05) is 0 Å². The van der Waals surface area contributed by atoms with Crippen LogP contribution in [0.1, 0.15) is 65.2 Å². The Kier molecular flexibility index (Phi) is 4.14.